The predicted octanol–water partition coefficient (Wildman–Crippen LogP) is 1.47. The van der Waals surface area contributed by atoms with Gasteiger partial charge in [-0.25, -0.2) is 0 Å². The van der Waals surface area contributed by atoms with Crippen LogP contribution in [0.15, 0.2) is 0 Å². The number of hydrogen-bond acceptors (Lipinski definition) is 2. The van der Waals surface area contributed by atoms with E-state index in [0.29, 0.717) is 11.8 Å². The molecule has 1 N–H and O–H groups in total. The molecule has 15 heavy (non-hydrogen) atoms. The van der Waals surface area contributed by atoms with Gasteiger partial charge in [0.1, 0.15) is 0 Å². The first-order valence-electron chi connectivity index (χ1n) is 5.61. The van der Waals surface area contributed by atoms with Crippen LogP contribution in [0, 0.1) is 11.8 Å². The van der Waals surface area contributed by atoms with E-state index < -0.39 is 0 Å². The molecular formula is C11H21BrN2O. The van der Waals surface area contributed by atoms with Crippen LogP contribution < -0.4 is 5.32 Å². The smallest absolute Gasteiger partial charge is 0.234 e. The number of alkyl halides is 1. The summed E-state index contributed by atoms with van der Waals surface area (Å²) in [6.07, 6.45) is 1.20. The Kier molecular flexibility index (Phi) is 5.06. The number of rotatable bonds is 4. The third kappa shape index (κ3) is 4.11. The zero-order chi connectivity index (χ0) is 11.4. The lowest BCUT2D eigenvalue weighted by atomic mass is 10.1. The number of amides is 1. The van der Waals surface area contributed by atoms with Crippen LogP contribution in [0.4, 0.5) is 0 Å². The highest BCUT2D eigenvalue weighted by Crippen LogP contribution is 2.15. The Morgan fingerprint density at radius 3 is 2.73 bits per heavy atom. The van der Waals surface area contributed by atoms with Crippen molar-refractivity contribution in [1.82, 2.24) is 10.2 Å². The molecule has 1 saturated heterocycles. The molecule has 2 atom stereocenters. The highest BCUT2D eigenvalue weighted by Gasteiger charge is 2.22. The Hall–Kier alpha value is -0.0900. The minimum Gasteiger partial charge on any atom is -0.355 e. The maximum absolute atomic E-state index is 11.7. The second kappa shape index (κ2) is 5.85. The van der Waals surface area contributed by atoms with Gasteiger partial charge < -0.3 is 10.2 Å². The number of likely N-dealkylation sites (tertiary alicyclic amines) is 1. The maximum atomic E-state index is 11.7. The van der Waals surface area contributed by atoms with E-state index in [1.54, 1.807) is 0 Å². The molecule has 4 heteroatoms. The molecule has 0 bridgehead atoms. The average molecular weight is 277 g/mol. The zero-order valence-corrected chi connectivity index (χ0v) is 11.4. The molecule has 1 rings (SSSR count). The topological polar surface area (TPSA) is 32.3 Å². The first kappa shape index (κ1) is 13.0. The summed E-state index contributed by atoms with van der Waals surface area (Å²) in [7, 11) is 2.13. The van der Waals surface area contributed by atoms with E-state index in [1.165, 1.54) is 6.42 Å². The molecule has 1 amide bonds. The van der Waals surface area contributed by atoms with Gasteiger partial charge >= 0.3 is 0 Å². The van der Waals surface area contributed by atoms with E-state index in [-0.39, 0.29) is 10.7 Å². The van der Waals surface area contributed by atoms with Gasteiger partial charge in [0.25, 0.3) is 0 Å². The van der Waals surface area contributed by atoms with Gasteiger partial charge in [0, 0.05) is 13.1 Å². The number of carbonyl (C=O) groups excluding carboxylic acids is 1. The third-order valence-electron chi connectivity index (χ3n) is 2.89. The fraction of sp³-hybridized carbons (Fsp3) is 0.909. The molecule has 0 spiro atoms. The largest absolute Gasteiger partial charge is 0.355 e. The van der Waals surface area contributed by atoms with Gasteiger partial charge in [0.2, 0.25) is 5.91 Å². The van der Waals surface area contributed by atoms with Crippen molar-refractivity contribution >= 4 is 21.8 Å². The predicted molar refractivity (Wildman–Crippen MR) is 66.2 cm³/mol. The zero-order valence-electron chi connectivity index (χ0n) is 9.79. The lowest BCUT2D eigenvalue weighted by Gasteiger charge is -2.16. The van der Waals surface area contributed by atoms with Gasteiger partial charge in [-0.05, 0) is 31.8 Å². The second-order valence-corrected chi connectivity index (χ2v) is 5.79. The number of carbonyl (C=O) groups is 1. The summed E-state index contributed by atoms with van der Waals surface area (Å²) < 4.78 is 0. The van der Waals surface area contributed by atoms with E-state index in [4.69, 9.17) is 0 Å². The fourth-order valence-electron chi connectivity index (χ4n) is 1.84. The molecule has 0 aromatic rings. The maximum Gasteiger partial charge on any atom is 0.234 e. The Bertz CT molecular complexity index is 221. The molecule has 1 aliphatic heterocycles. The number of hydrogen-bond donors (Lipinski definition) is 1. The Morgan fingerprint density at radius 1 is 1.60 bits per heavy atom. The van der Waals surface area contributed by atoms with Gasteiger partial charge in [0.05, 0.1) is 4.83 Å². The molecule has 1 aliphatic rings. The van der Waals surface area contributed by atoms with E-state index >= 15 is 0 Å². The van der Waals surface area contributed by atoms with Crippen molar-refractivity contribution < 1.29 is 4.79 Å². The average Bonchev–Trinajstić information content (AvgIpc) is 2.59. The van der Waals surface area contributed by atoms with Crippen LogP contribution >= 0.6 is 15.9 Å². The van der Waals surface area contributed by atoms with Crippen molar-refractivity contribution in [1.29, 1.82) is 0 Å². The first-order valence-corrected chi connectivity index (χ1v) is 6.52. The Balaban J connectivity index is 2.22. The number of halogens is 1. The molecule has 0 aromatic carbocycles. The molecule has 1 heterocycles. The molecule has 88 valence electrons. The van der Waals surface area contributed by atoms with Gasteiger partial charge in [-0.2, -0.15) is 0 Å². The summed E-state index contributed by atoms with van der Waals surface area (Å²) in [5, 5.41) is 3.01. The SMILES string of the molecule is CC(C)C(Br)C(=O)NCC1CCN(C)C1. The van der Waals surface area contributed by atoms with Crippen LogP contribution in [0.25, 0.3) is 0 Å². The molecule has 0 radical (unpaired) electrons. The molecular weight excluding hydrogens is 256 g/mol. The van der Waals surface area contributed by atoms with Crippen molar-refractivity contribution in [2.45, 2.75) is 25.1 Å². The summed E-state index contributed by atoms with van der Waals surface area (Å²) in [6, 6.07) is 0. The van der Waals surface area contributed by atoms with Crippen LogP contribution in [0.2, 0.25) is 0 Å². The standard InChI is InChI=1S/C11H21BrN2O/c1-8(2)10(12)11(15)13-6-9-4-5-14(3)7-9/h8-10H,4-7H2,1-3H3,(H,13,15). The van der Waals surface area contributed by atoms with Gasteiger partial charge in [0.15, 0.2) is 0 Å². The highest BCUT2D eigenvalue weighted by atomic mass is 79.9. The van der Waals surface area contributed by atoms with Crippen molar-refractivity contribution in [3.8, 4) is 0 Å². The summed E-state index contributed by atoms with van der Waals surface area (Å²) in [6.45, 7) is 7.17. The number of nitrogens with one attached hydrogen (secondary N) is 1. The van der Waals surface area contributed by atoms with Crippen LogP contribution in [-0.4, -0.2) is 42.3 Å². The quantitative estimate of drug-likeness (QED) is 0.789. The van der Waals surface area contributed by atoms with Crippen LogP contribution in [0.3, 0.4) is 0 Å². The highest BCUT2D eigenvalue weighted by molar-refractivity contribution is 9.10. The van der Waals surface area contributed by atoms with E-state index in [0.717, 1.165) is 19.6 Å². The monoisotopic (exact) mass is 276 g/mol. The third-order valence-corrected chi connectivity index (χ3v) is 4.36. The lowest BCUT2D eigenvalue weighted by Crippen LogP contribution is -2.37. The van der Waals surface area contributed by atoms with Crippen molar-refractivity contribution in [3.63, 3.8) is 0 Å². The van der Waals surface area contributed by atoms with Crippen LogP contribution in [0.5, 0.6) is 0 Å². The minimum atomic E-state index is -0.0587. The second-order valence-electron chi connectivity index (χ2n) is 4.81. The Morgan fingerprint density at radius 2 is 2.27 bits per heavy atom. The summed E-state index contributed by atoms with van der Waals surface area (Å²) >= 11 is 3.41. The fourth-order valence-corrected chi connectivity index (χ4v) is 2.00. The van der Waals surface area contributed by atoms with Gasteiger partial charge in [-0.15, -0.1) is 0 Å². The lowest BCUT2D eigenvalue weighted by molar-refractivity contribution is -0.121. The molecule has 0 saturated carbocycles. The molecule has 1 fully saturated rings. The van der Waals surface area contributed by atoms with Crippen molar-refractivity contribution in [2.24, 2.45) is 11.8 Å². The summed E-state index contributed by atoms with van der Waals surface area (Å²) in [5.41, 5.74) is 0. The van der Waals surface area contributed by atoms with Crippen molar-refractivity contribution in [3.05, 3.63) is 0 Å². The van der Waals surface area contributed by atoms with E-state index in [9.17, 15) is 4.79 Å². The number of nitrogens with zero attached hydrogens (tertiary/aromatic N) is 1. The molecule has 0 aromatic heterocycles. The molecule has 2 unspecified atom stereocenters. The van der Waals surface area contributed by atoms with Gasteiger partial charge in [-0.3, -0.25) is 4.79 Å². The molecule has 3 nitrogen and oxygen atoms in total. The van der Waals surface area contributed by atoms with E-state index in [2.05, 4.69) is 33.2 Å². The van der Waals surface area contributed by atoms with Crippen molar-refractivity contribution in [2.75, 3.05) is 26.7 Å². The molecule has 0 aliphatic carbocycles. The normalized spacial score (nSPS) is 24.5. The first-order chi connectivity index (χ1) is 7.00. The summed E-state index contributed by atoms with van der Waals surface area (Å²) in [5.74, 6) is 1.10. The van der Waals surface area contributed by atoms with Crippen LogP contribution in [-0.2, 0) is 4.79 Å². The minimum absolute atomic E-state index is 0.0587. The summed E-state index contributed by atoms with van der Waals surface area (Å²) in [4.78, 5) is 13.9. The van der Waals surface area contributed by atoms with Crippen LogP contribution in [0.1, 0.15) is 20.3 Å². The van der Waals surface area contributed by atoms with E-state index in [1.807, 2.05) is 13.8 Å². The van der Waals surface area contributed by atoms with Gasteiger partial charge in [-0.1, -0.05) is 29.8 Å². The Labute approximate surface area is 101 Å².